The topological polar surface area (TPSA) is 17.1 Å². The predicted molar refractivity (Wildman–Crippen MR) is 51.6 cm³/mol. The fourth-order valence-electron chi connectivity index (χ4n) is 0.653. The van der Waals surface area contributed by atoms with Crippen LogP contribution in [0.25, 0.3) is 0 Å². The number of hydrogen-bond acceptors (Lipinski definition) is 1. The third kappa shape index (κ3) is 4.24. The Kier molecular flexibility index (Phi) is 4.49. The minimum atomic E-state index is -1.99. The average molecular weight is 172 g/mol. The zero-order valence-corrected chi connectivity index (χ0v) is 8.74. The lowest BCUT2D eigenvalue weighted by atomic mass is 10.4. The van der Waals surface area contributed by atoms with Crippen LogP contribution >= 0.6 is 7.14 Å². The van der Waals surface area contributed by atoms with Crippen molar-refractivity contribution >= 4 is 7.14 Å². The number of allylic oxidation sites excluding steroid dienone is 1. The lowest BCUT2D eigenvalue weighted by Crippen LogP contribution is -1.83. The van der Waals surface area contributed by atoms with Crippen LogP contribution < -0.4 is 0 Å². The highest BCUT2D eigenvalue weighted by Gasteiger charge is 2.10. The highest BCUT2D eigenvalue weighted by molar-refractivity contribution is 7.66. The third-order valence-electron chi connectivity index (χ3n) is 1.66. The van der Waals surface area contributed by atoms with Crippen molar-refractivity contribution in [2.45, 2.75) is 27.7 Å². The van der Waals surface area contributed by atoms with Gasteiger partial charge in [-0.3, -0.25) is 0 Å². The van der Waals surface area contributed by atoms with Gasteiger partial charge in [-0.2, -0.15) is 0 Å². The van der Waals surface area contributed by atoms with Crippen molar-refractivity contribution < 1.29 is 4.57 Å². The van der Waals surface area contributed by atoms with Crippen molar-refractivity contribution in [3.8, 4) is 0 Å². The Hall–Kier alpha value is -0.250. The lowest BCUT2D eigenvalue weighted by molar-refractivity contribution is 0.582. The molecular formula is C9H17OP. The minimum absolute atomic E-state index is 0.754. The highest BCUT2D eigenvalue weighted by Crippen LogP contribution is 2.45. The molecule has 0 saturated carbocycles. The average Bonchev–Trinajstić information content (AvgIpc) is 2.00. The first-order valence-corrected chi connectivity index (χ1v) is 6.17. The van der Waals surface area contributed by atoms with Crippen LogP contribution in [0.3, 0.4) is 0 Å². The van der Waals surface area contributed by atoms with E-state index in [0.29, 0.717) is 0 Å². The van der Waals surface area contributed by atoms with E-state index in [0.717, 1.165) is 17.9 Å². The summed E-state index contributed by atoms with van der Waals surface area (Å²) in [4.78, 5) is 0. The molecule has 2 heteroatoms. The van der Waals surface area contributed by atoms with E-state index >= 15 is 0 Å². The molecule has 0 amide bonds. The summed E-state index contributed by atoms with van der Waals surface area (Å²) in [6.45, 7) is 7.86. The second-order valence-electron chi connectivity index (χ2n) is 2.86. The fourth-order valence-corrected chi connectivity index (χ4v) is 1.96. The molecule has 0 aliphatic carbocycles. The monoisotopic (exact) mass is 172 g/mol. The first-order chi connectivity index (χ1) is 5.04. The second-order valence-corrected chi connectivity index (χ2v) is 6.29. The molecule has 0 rings (SSSR count). The summed E-state index contributed by atoms with van der Waals surface area (Å²) in [5.74, 6) is 1.77. The molecule has 0 bridgehead atoms. The van der Waals surface area contributed by atoms with Gasteiger partial charge in [-0.15, -0.1) is 5.73 Å². The van der Waals surface area contributed by atoms with Gasteiger partial charge in [0.25, 0.3) is 0 Å². The molecule has 0 spiro atoms. The van der Waals surface area contributed by atoms with Crippen molar-refractivity contribution in [2.24, 2.45) is 0 Å². The summed E-state index contributed by atoms with van der Waals surface area (Å²) < 4.78 is 11.7. The van der Waals surface area contributed by atoms with Crippen molar-refractivity contribution in [1.82, 2.24) is 0 Å². The Morgan fingerprint density at radius 1 is 1.36 bits per heavy atom. The SMILES string of the molecule is CCP(=O)(C=C=C(C)C)CC. The summed E-state index contributed by atoms with van der Waals surface area (Å²) in [7, 11) is -1.99. The Morgan fingerprint density at radius 3 is 2.09 bits per heavy atom. The van der Waals surface area contributed by atoms with Gasteiger partial charge in [-0.05, 0) is 19.4 Å². The molecule has 0 N–H and O–H groups in total. The summed E-state index contributed by atoms with van der Waals surface area (Å²) in [6.07, 6.45) is 1.51. The van der Waals surface area contributed by atoms with Crippen LogP contribution in [0.2, 0.25) is 0 Å². The van der Waals surface area contributed by atoms with Crippen LogP contribution in [-0.2, 0) is 4.57 Å². The van der Waals surface area contributed by atoms with Gasteiger partial charge < -0.3 is 4.57 Å². The summed E-state index contributed by atoms with van der Waals surface area (Å²) in [5.41, 5.74) is 4.11. The Morgan fingerprint density at radius 2 is 1.82 bits per heavy atom. The molecule has 64 valence electrons. The molecule has 0 atom stereocenters. The van der Waals surface area contributed by atoms with Gasteiger partial charge >= 0.3 is 0 Å². The van der Waals surface area contributed by atoms with Gasteiger partial charge in [0.1, 0.15) is 7.14 Å². The predicted octanol–water partition coefficient (Wildman–Crippen LogP) is 3.47. The molecule has 0 aliphatic rings. The molecule has 0 aromatic rings. The highest BCUT2D eigenvalue weighted by atomic mass is 31.2. The smallest absolute Gasteiger partial charge is 0.115 e. The first-order valence-electron chi connectivity index (χ1n) is 4.03. The van der Waals surface area contributed by atoms with Crippen LogP contribution in [0.4, 0.5) is 0 Å². The largest absolute Gasteiger partial charge is 0.319 e. The van der Waals surface area contributed by atoms with E-state index in [2.05, 4.69) is 5.73 Å². The van der Waals surface area contributed by atoms with Gasteiger partial charge in [-0.1, -0.05) is 13.8 Å². The first kappa shape index (κ1) is 10.8. The van der Waals surface area contributed by atoms with Crippen molar-refractivity contribution in [2.75, 3.05) is 12.3 Å². The summed E-state index contributed by atoms with van der Waals surface area (Å²) in [6, 6.07) is 0. The normalized spacial score (nSPS) is 10.5. The maximum atomic E-state index is 11.7. The van der Waals surface area contributed by atoms with Gasteiger partial charge in [0, 0.05) is 18.1 Å². The molecule has 0 fully saturated rings. The maximum absolute atomic E-state index is 11.7. The van der Waals surface area contributed by atoms with Crippen LogP contribution in [-0.4, -0.2) is 12.3 Å². The van der Waals surface area contributed by atoms with Crippen LogP contribution in [0.15, 0.2) is 17.1 Å². The third-order valence-corrected chi connectivity index (χ3v) is 4.40. The Balaban J connectivity index is 4.58. The minimum Gasteiger partial charge on any atom is -0.319 e. The van der Waals surface area contributed by atoms with Crippen molar-refractivity contribution in [3.05, 3.63) is 17.1 Å². The molecular weight excluding hydrogens is 155 g/mol. The number of rotatable bonds is 3. The zero-order valence-electron chi connectivity index (χ0n) is 7.85. The molecule has 0 heterocycles. The molecule has 11 heavy (non-hydrogen) atoms. The van der Waals surface area contributed by atoms with Crippen LogP contribution in [0.5, 0.6) is 0 Å². The molecule has 0 unspecified atom stereocenters. The number of hydrogen-bond donors (Lipinski definition) is 0. The van der Waals surface area contributed by atoms with Gasteiger partial charge in [-0.25, -0.2) is 0 Å². The molecule has 0 aliphatic heterocycles. The van der Waals surface area contributed by atoms with E-state index in [1.54, 1.807) is 5.82 Å². The summed E-state index contributed by atoms with van der Waals surface area (Å²) in [5, 5.41) is 0. The summed E-state index contributed by atoms with van der Waals surface area (Å²) >= 11 is 0. The van der Waals surface area contributed by atoms with Crippen LogP contribution in [0, 0.1) is 0 Å². The second kappa shape index (κ2) is 4.59. The zero-order chi connectivity index (χ0) is 8.91. The molecule has 0 saturated heterocycles. The van der Waals surface area contributed by atoms with Gasteiger partial charge in [0.05, 0.1) is 0 Å². The van der Waals surface area contributed by atoms with E-state index in [9.17, 15) is 4.57 Å². The maximum Gasteiger partial charge on any atom is 0.115 e. The standard InChI is InChI=1S/C9H17OP/c1-5-11(10,6-2)8-7-9(3)4/h8H,5-6H2,1-4H3. The van der Waals surface area contributed by atoms with Crippen molar-refractivity contribution in [3.63, 3.8) is 0 Å². The van der Waals surface area contributed by atoms with E-state index in [1.807, 2.05) is 27.7 Å². The van der Waals surface area contributed by atoms with Gasteiger partial charge in [0.2, 0.25) is 0 Å². The van der Waals surface area contributed by atoms with Crippen molar-refractivity contribution in [1.29, 1.82) is 0 Å². The van der Waals surface area contributed by atoms with E-state index in [-0.39, 0.29) is 0 Å². The quantitative estimate of drug-likeness (QED) is 0.470. The molecule has 0 radical (unpaired) electrons. The van der Waals surface area contributed by atoms with Gasteiger partial charge in [0.15, 0.2) is 0 Å². The van der Waals surface area contributed by atoms with Crippen LogP contribution in [0.1, 0.15) is 27.7 Å². The Labute approximate surface area is 69.6 Å². The Bertz CT molecular complexity index is 210. The van der Waals surface area contributed by atoms with E-state index < -0.39 is 7.14 Å². The molecule has 0 aromatic heterocycles. The molecule has 1 nitrogen and oxygen atoms in total. The van der Waals surface area contributed by atoms with E-state index in [1.165, 1.54) is 0 Å². The fraction of sp³-hybridized carbons (Fsp3) is 0.667. The molecule has 0 aromatic carbocycles. The van der Waals surface area contributed by atoms with E-state index in [4.69, 9.17) is 0 Å². The lowest BCUT2D eigenvalue weighted by Gasteiger charge is -2.05.